The van der Waals surface area contributed by atoms with E-state index in [1.807, 2.05) is 37.4 Å². The third-order valence-electron chi connectivity index (χ3n) is 5.39. The van der Waals surface area contributed by atoms with Crippen molar-refractivity contribution in [1.29, 1.82) is 0 Å². The molecule has 0 fully saturated rings. The molecule has 2 aromatic rings. The van der Waals surface area contributed by atoms with Crippen LogP contribution < -0.4 is 0 Å². The van der Waals surface area contributed by atoms with Crippen LogP contribution in [0.5, 0.6) is 0 Å². The second kappa shape index (κ2) is 10.4. The number of hydrogen-bond donors (Lipinski definition) is 1. The van der Waals surface area contributed by atoms with E-state index in [9.17, 15) is 14.7 Å². The molecular weight excluding hydrogens is 398 g/mol. The van der Waals surface area contributed by atoms with Crippen LogP contribution >= 0.6 is 0 Å². The first-order chi connectivity index (χ1) is 15.0. The molecule has 1 aromatic heterocycles. The first kappa shape index (κ1) is 22.8. The normalized spacial score (nSPS) is 20.7. The number of ether oxygens (including phenoxy) is 3. The van der Waals surface area contributed by atoms with Gasteiger partial charge in [-0.3, -0.25) is 9.36 Å². The fourth-order valence-electron chi connectivity index (χ4n) is 4.05. The molecule has 0 saturated carbocycles. The van der Waals surface area contributed by atoms with Crippen molar-refractivity contribution in [2.45, 2.75) is 38.9 Å². The number of carbonyl (C=O) groups is 2. The van der Waals surface area contributed by atoms with Crippen molar-refractivity contribution in [2.75, 3.05) is 19.8 Å². The van der Waals surface area contributed by atoms with Crippen LogP contribution in [-0.2, 0) is 19.0 Å². The molecule has 2 heterocycles. The highest BCUT2D eigenvalue weighted by Gasteiger charge is 2.39. The number of benzene rings is 1. The van der Waals surface area contributed by atoms with E-state index < -0.39 is 12.3 Å². The summed E-state index contributed by atoms with van der Waals surface area (Å²) in [5, 5.41) is 10.3. The summed E-state index contributed by atoms with van der Waals surface area (Å²) in [5.74, 6) is -1.05. The number of hydrogen-bond acceptors (Lipinski definition) is 6. The molecule has 3 rings (SSSR count). The quantitative estimate of drug-likeness (QED) is 0.484. The second-order valence-electron chi connectivity index (χ2n) is 7.41. The van der Waals surface area contributed by atoms with Gasteiger partial charge < -0.3 is 19.3 Å². The fraction of sp³-hybridized carbons (Fsp3) is 0.417. The summed E-state index contributed by atoms with van der Waals surface area (Å²) in [6.45, 7) is 7.44. The zero-order valence-electron chi connectivity index (χ0n) is 18.0. The minimum atomic E-state index is -0.683. The van der Waals surface area contributed by atoms with Gasteiger partial charge in [0.2, 0.25) is 18.0 Å². The largest absolute Gasteiger partial charge is 0.457 e. The summed E-state index contributed by atoms with van der Waals surface area (Å²) >= 11 is 0. The molecule has 31 heavy (non-hydrogen) atoms. The Kier molecular flexibility index (Phi) is 7.65. The Hall–Kier alpha value is -2.90. The van der Waals surface area contributed by atoms with E-state index in [0.717, 1.165) is 16.5 Å². The lowest BCUT2D eigenvalue weighted by atomic mass is 9.80. The minimum Gasteiger partial charge on any atom is -0.457 e. The Balaban J connectivity index is 2.13. The van der Waals surface area contributed by atoms with Crippen LogP contribution in [0.3, 0.4) is 0 Å². The summed E-state index contributed by atoms with van der Waals surface area (Å²) in [4.78, 5) is 24.8. The number of nitrogens with zero attached hydrogens (tertiary/aromatic N) is 1. The molecule has 0 saturated heterocycles. The number of aromatic nitrogens is 1. The predicted octanol–water partition coefficient (Wildman–Crippen LogP) is 3.78. The van der Waals surface area contributed by atoms with E-state index in [0.29, 0.717) is 19.4 Å². The molecule has 0 amide bonds. The summed E-state index contributed by atoms with van der Waals surface area (Å²) in [6, 6.07) is 7.66. The Bertz CT molecular complexity index is 976. The zero-order valence-corrected chi connectivity index (χ0v) is 18.0. The van der Waals surface area contributed by atoms with Crippen molar-refractivity contribution >= 4 is 22.8 Å². The van der Waals surface area contributed by atoms with E-state index in [-0.39, 0.29) is 36.7 Å². The SMILES string of the molecule is C=CCOC(=O)C1=C[C@@H](c2cn(C(C)=O)c3ccccc23)C(CCCO)C(OCC)O1. The fourth-order valence-corrected chi connectivity index (χ4v) is 4.05. The molecule has 7 heteroatoms. The van der Waals surface area contributed by atoms with Gasteiger partial charge in [-0.15, -0.1) is 0 Å². The van der Waals surface area contributed by atoms with Crippen molar-refractivity contribution in [2.24, 2.45) is 5.92 Å². The zero-order chi connectivity index (χ0) is 22.4. The van der Waals surface area contributed by atoms with Crippen LogP contribution in [-0.4, -0.2) is 47.7 Å². The smallest absolute Gasteiger partial charge is 0.373 e. The Morgan fingerprint density at radius 3 is 2.77 bits per heavy atom. The molecule has 0 radical (unpaired) electrons. The first-order valence-electron chi connectivity index (χ1n) is 10.5. The molecule has 0 spiro atoms. The van der Waals surface area contributed by atoms with Crippen LogP contribution in [0.15, 0.2) is 55.0 Å². The molecule has 3 atom stereocenters. The number of aliphatic hydroxyl groups excluding tert-OH is 1. The predicted molar refractivity (Wildman–Crippen MR) is 117 cm³/mol. The number of allylic oxidation sites excluding steroid dienone is 1. The highest BCUT2D eigenvalue weighted by Crippen LogP contribution is 2.42. The maximum absolute atomic E-state index is 12.6. The van der Waals surface area contributed by atoms with Gasteiger partial charge in [0.15, 0.2) is 0 Å². The van der Waals surface area contributed by atoms with Crippen molar-refractivity contribution < 1.29 is 28.9 Å². The number of aliphatic hydroxyl groups is 1. The lowest BCUT2D eigenvalue weighted by Gasteiger charge is -2.36. The van der Waals surface area contributed by atoms with E-state index in [1.54, 1.807) is 10.6 Å². The van der Waals surface area contributed by atoms with Gasteiger partial charge in [0.1, 0.15) is 6.61 Å². The highest BCUT2D eigenvalue weighted by molar-refractivity contribution is 5.94. The topological polar surface area (TPSA) is 87.0 Å². The Morgan fingerprint density at radius 2 is 2.10 bits per heavy atom. The lowest BCUT2D eigenvalue weighted by Crippen LogP contribution is -2.36. The lowest BCUT2D eigenvalue weighted by molar-refractivity contribution is -0.175. The average Bonchev–Trinajstić information content (AvgIpc) is 3.16. The summed E-state index contributed by atoms with van der Waals surface area (Å²) < 4.78 is 18.5. The molecule has 1 aliphatic heterocycles. The number of carbonyl (C=O) groups excluding carboxylic acids is 2. The maximum atomic E-state index is 12.6. The van der Waals surface area contributed by atoms with E-state index >= 15 is 0 Å². The third kappa shape index (κ3) is 4.89. The van der Waals surface area contributed by atoms with Gasteiger partial charge in [-0.25, -0.2) is 4.79 Å². The van der Waals surface area contributed by atoms with Gasteiger partial charge in [0.25, 0.3) is 0 Å². The number of rotatable bonds is 9. The van der Waals surface area contributed by atoms with Crippen molar-refractivity contribution in [1.82, 2.24) is 4.57 Å². The van der Waals surface area contributed by atoms with Crippen LogP contribution in [0.2, 0.25) is 0 Å². The highest BCUT2D eigenvalue weighted by atomic mass is 16.7. The third-order valence-corrected chi connectivity index (χ3v) is 5.39. The van der Waals surface area contributed by atoms with Crippen LogP contribution in [0.4, 0.5) is 0 Å². The molecular formula is C24H29NO6. The average molecular weight is 427 g/mol. The number of para-hydroxylation sites is 1. The summed E-state index contributed by atoms with van der Waals surface area (Å²) in [5.41, 5.74) is 1.70. The van der Waals surface area contributed by atoms with Crippen LogP contribution in [0.1, 0.15) is 43.0 Å². The molecule has 1 aromatic carbocycles. The van der Waals surface area contributed by atoms with Gasteiger partial charge in [-0.1, -0.05) is 30.9 Å². The standard InChI is InChI=1S/C24H29NO6/c1-4-13-30-23(28)22-14-19(18(10-8-12-26)24(31-22)29-5-2)20-15-25(16(3)27)21-11-7-6-9-17(20)21/h4,6-7,9,11,14-15,18-19,24,26H,1,5,8,10,12-13H2,2-3H3/t18?,19-,24?/m1/s1. The van der Waals surface area contributed by atoms with E-state index in [4.69, 9.17) is 14.2 Å². The molecule has 166 valence electrons. The van der Waals surface area contributed by atoms with Crippen LogP contribution in [0, 0.1) is 5.92 Å². The first-order valence-corrected chi connectivity index (χ1v) is 10.5. The number of fused-ring (bicyclic) bond motifs is 1. The molecule has 1 N–H and O–H groups in total. The van der Waals surface area contributed by atoms with Crippen molar-refractivity contribution in [3.05, 3.63) is 60.5 Å². The summed E-state index contributed by atoms with van der Waals surface area (Å²) in [7, 11) is 0. The Morgan fingerprint density at radius 1 is 1.32 bits per heavy atom. The molecule has 2 unspecified atom stereocenters. The van der Waals surface area contributed by atoms with Gasteiger partial charge in [-0.2, -0.15) is 0 Å². The Labute approximate surface area is 181 Å². The van der Waals surface area contributed by atoms with Crippen molar-refractivity contribution in [3.8, 4) is 0 Å². The van der Waals surface area contributed by atoms with Gasteiger partial charge in [-0.05, 0) is 37.5 Å². The molecule has 0 bridgehead atoms. The van der Waals surface area contributed by atoms with E-state index in [1.165, 1.54) is 13.0 Å². The minimum absolute atomic E-state index is 0.0369. The summed E-state index contributed by atoms with van der Waals surface area (Å²) in [6.07, 6.45) is 5.55. The van der Waals surface area contributed by atoms with Crippen LogP contribution in [0.25, 0.3) is 10.9 Å². The number of esters is 1. The molecule has 1 aliphatic rings. The molecule has 7 nitrogen and oxygen atoms in total. The second-order valence-corrected chi connectivity index (χ2v) is 7.41. The van der Waals surface area contributed by atoms with Crippen molar-refractivity contribution in [3.63, 3.8) is 0 Å². The maximum Gasteiger partial charge on any atom is 0.373 e. The van der Waals surface area contributed by atoms with Gasteiger partial charge in [0.05, 0.1) is 5.52 Å². The van der Waals surface area contributed by atoms with Gasteiger partial charge >= 0.3 is 5.97 Å². The monoisotopic (exact) mass is 427 g/mol. The van der Waals surface area contributed by atoms with Gasteiger partial charge in [0, 0.05) is 43.6 Å². The molecule has 0 aliphatic carbocycles. The van der Waals surface area contributed by atoms with E-state index in [2.05, 4.69) is 6.58 Å².